The molecule has 3 aromatic rings. The van der Waals surface area contributed by atoms with Gasteiger partial charge in [-0.25, -0.2) is 14.6 Å². The Morgan fingerprint density at radius 3 is 2.68 bits per heavy atom. The van der Waals surface area contributed by atoms with E-state index in [2.05, 4.69) is 31.8 Å². The molecule has 0 amide bonds. The van der Waals surface area contributed by atoms with Gasteiger partial charge in [0.15, 0.2) is 5.65 Å². The fraction of sp³-hybridized carbons (Fsp3) is 0.312. The minimum atomic E-state index is -0.679. The van der Waals surface area contributed by atoms with Gasteiger partial charge in [-0.3, -0.25) is 4.57 Å². The maximum atomic E-state index is 12.0. The van der Waals surface area contributed by atoms with E-state index in [4.69, 9.17) is 4.42 Å². The van der Waals surface area contributed by atoms with Crippen LogP contribution in [0.4, 0.5) is 0 Å². The Kier molecular flexibility index (Phi) is 3.48. The van der Waals surface area contributed by atoms with Crippen LogP contribution < -0.4 is 11.4 Å². The minimum Gasteiger partial charge on any atom is -0.372 e. The molecule has 0 fully saturated rings. The summed E-state index contributed by atoms with van der Waals surface area (Å²) in [6, 6.07) is 7.33. The monoisotopic (exact) mass is 316 g/mol. The molecule has 5 nitrogen and oxygen atoms in total. The highest BCUT2D eigenvalue weighted by Crippen LogP contribution is 2.29. The summed E-state index contributed by atoms with van der Waals surface area (Å²) in [6.45, 7) is 6.78. The second kappa shape index (κ2) is 5.21. The molecule has 0 atom stereocenters. The molecule has 0 aliphatic rings. The third-order valence-electron chi connectivity index (χ3n) is 3.38. The van der Waals surface area contributed by atoms with E-state index in [0.717, 1.165) is 4.88 Å². The van der Waals surface area contributed by atoms with Gasteiger partial charge in [0.2, 0.25) is 0 Å². The molecule has 0 saturated carbocycles. The zero-order valence-corrected chi connectivity index (χ0v) is 13.4. The number of pyridine rings is 1. The number of rotatable bonds is 2. The molecule has 0 bridgehead atoms. The summed E-state index contributed by atoms with van der Waals surface area (Å²) in [5.41, 5.74) is -0.224. The molecule has 0 radical (unpaired) electrons. The maximum Gasteiger partial charge on any atom is 0.423 e. The van der Waals surface area contributed by atoms with Crippen LogP contribution in [0.5, 0.6) is 0 Å². The van der Waals surface area contributed by atoms with Crippen molar-refractivity contribution >= 4 is 22.4 Å². The Hall–Kier alpha value is -2.21. The average Bonchev–Trinajstić information content (AvgIpc) is 2.92. The van der Waals surface area contributed by atoms with Gasteiger partial charge >= 0.3 is 11.4 Å². The van der Waals surface area contributed by atoms with Crippen LogP contribution in [0.25, 0.3) is 11.0 Å². The summed E-state index contributed by atoms with van der Waals surface area (Å²) in [7, 11) is 0. The Bertz CT molecular complexity index is 944. The zero-order chi connectivity index (χ0) is 15.9. The third kappa shape index (κ3) is 2.62. The fourth-order valence-corrected chi connectivity index (χ4v) is 3.26. The van der Waals surface area contributed by atoms with Gasteiger partial charge < -0.3 is 4.42 Å². The standard InChI is InChI=1S/C16H16N2O3S/c1-16(2,3)12-7-6-10(22-12)9-18-13-11(5-4-8-17-13)14(19)21-15(18)20/h4-8H,9H2,1-3H3. The SMILES string of the molecule is CC(C)(C)c1ccc(Cn2c(=O)oc(=O)c3cccnc32)s1. The van der Waals surface area contributed by atoms with E-state index in [9.17, 15) is 9.59 Å². The first kappa shape index (κ1) is 14.7. The molecule has 6 heteroatoms. The van der Waals surface area contributed by atoms with E-state index in [1.165, 1.54) is 9.44 Å². The van der Waals surface area contributed by atoms with Crippen molar-refractivity contribution in [3.05, 3.63) is 61.2 Å². The molecule has 0 aliphatic heterocycles. The van der Waals surface area contributed by atoms with E-state index in [0.29, 0.717) is 17.6 Å². The van der Waals surface area contributed by atoms with Crippen LogP contribution >= 0.6 is 11.3 Å². The van der Waals surface area contributed by atoms with Gasteiger partial charge in [0.1, 0.15) is 5.39 Å². The highest BCUT2D eigenvalue weighted by molar-refractivity contribution is 7.12. The van der Waals surface area contributed by atoms with Crippen molar-refractivity contribution in [2.75, 3.05) is 0 Å². The van der Waals surface area contributed by atoms with Gasteiger partial charge in [-0.15, -0.1) is 11.3 Å². The molecule has 0 N–H and O–H groups in total. The van der Waals surface area contributed by atoms with Crippen molar-refractivity contribution in [2.45, 2.75) is 32.7 Å². The van der Waals surface area contributed by atoms with Crippen LogP contribution in [-0.4, -0.2) is 9.55 Å². The average molecular weight is 316 g/mol. The lowest BCUT2D eigenvalue weighted by molar-refractivity contribution is 0.424. The molecule has 0 saturated heterocycles. The molecular formula is C16H16N2O3S. The molecule has 3 rings (SSSR count). The first-order valence-electron chi connectivity index (χ1n) is 6.94. The first-order valence-corrected chi connectivity index (χ1v) is 7.76. The number of aromatic nitrogens is 2. The van der Waals surface area contributed by atoms with E-state index < -0.39 is 11.4 Å². The number of hydrogen-bond donors (Lipinski definition) is 0. The van der Waals surface area contributed by atoms with Crippen LogP contribution in [0.15, 0.2) is 44.5 Å². The Morgan fingerprint density at radius 1 is 1.23 bits per heavy atom. The Balaban J connectivity index is 2.10. The number of thiophene rings is 1. The Labute approximate surface area is 130 Å². The minimum absolute atomic E-state index is 0.0669. The quantitative estimate of drug-likeness (QED) is 0.729. The summed E-state index contributed by atoms with van der Waals surface area (Å²) in [5.74, 6) is -0.679. The molecule has 0 aromatic carbocycles. The molecule has 22 heavy (non-hydrogen) atoms. The number of hydrogen-bond acceptors (Lipinski definition) is 5. The summed E-state index contributed by atoms with van der Waals surface area (Å²) < 4.78 is 6.18. The zero-order valence-electron chi connectivity index (χ0n) is 12.6. The lowest BCUT2D eigenvalue weighted by atomic mass is 9.95. The third-order valence-corrected chi connectivity index (χ3v) is 4.87. The van der Waals surface area contributed by atoms with Crippen molar-refractivity contribution in [3.8, 4) is 0 Å². The van der Waals surface area contributed by atoms with Gasteiger partial charge in [-0.2, -0.15) is 0 Å². The maximum absolute atomic E-state index is 12.0. The van der Waals surface area contributed by atoms with E-state index >= 15 is 0 Å². The van der Waals surface area contributed by atoms with Crippen molar-refractivity contribution in [2.24, 2.45) is 0 Å². The molecule has 3 heterocycles. The summed E-state index contributed by atoms with van der Waals surface area (Å²) in [6.07, 6.45) is 1.56. The largest absolute Gasteiger partial charge is 0.423 e. The molecule has 114 valence electrons. The van der Waals surface area contributed by atoms with Crippen molar-refractivity contribution in [3.63, 3.8) is 0 Å². The smallest absolute Gasteiger partial charge is 0.372 e. The fourth-order valence-electron chi connectivity index (χ4n) is 2.21. The summed E-state index contributed by atoms with van der Waals surface area (Å²) in [4.78, 5) is 30.2. The van der Waals surface area contributed by atoms with E-state index in [-0.39, 0.29) is 5.41 Å². The molecule has 0 spiro atoms. The van der Waals surface area contributed by atoms with Crippen LogP contribution in [-0.2, 0) is 12.0 Å². The summed E-state index contributed by atoms with van der Waals surface area (Å²) in [5, 5.41) is 0.315. The number of fused-ring (bicyclic) bond motifs is 1. The predicted octanol–water partition coefficient (Wildman–Crippen LogP) is 2.76. The van der Waals surface area contributed by atoms with Gasteiger partial charge in [0.05, 0.1) is 6.54 Å². The normalized spacial score (nSPS) is 12.0. The topological polar surface area (TPSA) is 65.1 Å². The molecule has 0 aliphatic carbocycles. The molecular weight excluding hydrogens is 300 g/mol. The highest BCUT2D eigenvalue weighted by atomic mass is 32.1. The van der Waals surface area contributed by atoms with E-state index in [1.54, 1.807) is 29.7 Å². The van der Waals surface area contributed by atoms with Crippen molar-refractivity contribution in [1.29, 1.82) is 0 Å². The van der Waals surface area contributed by atoms with Crippen LogP contribution in [0.3, 0.4) is 0 Å². The molecule has 0 unspecified atom stereocenters. The lowest BCUT2D eigenvalue weighted by Gasteiger charge is -2.15. The van der Waals surface area contributed by atoms with Gasteiger partial charge in [0, 0.05) is 16.0 Å². The first-order chi connectivity index (χ1) is 10.4. The van der Waals surface area contributed by atoms with Crippen LogP contribution in [0.2, 0.25) is 0 Å². The van der Waals surface area contributed by atoms with Crippen LogP contribution in [0.1, 0.15) is 30.5 Å². The van der Waals surface area contributed by atoms with Gasteiger partial charge in [-0.1, -0.05) is 20.8 Å². The summed E-state index contributed by atoms with van der Waals surface area (Å²) >= 11 is 1.65. The van der Waals surface area contributed by atoms with E-state index in [1.807, 2.05) is 6.07 Å². The van der Waals surface area contributed by atoms with Gasteiger partial charge in [-0.05, 0) is 29.7 Å². The predicted molar refractivity (Wildman–Crippen MR) is 86.7 cm³/mol. The Morgan fingerprint density at radius 2 is 2.00 bits per heavy atom. The lowest BCUT2D eigenvalue weighted by Crippen LogP contribution is -2.25. The van der Waals surface area contributed by atoms with Crippen molar-refractivity contribution < 1.29 is 4.42 Å². The molecule has 3 aromatic heterocycles. The van der Waals surface area contributed by atoms with Crippen LogP contribution in [0, 0.1) is 0 Å². The highest BCUT2D eigenvalue weighted by Gasteiger charge is 2.17. The van der Waals surface area contributed by atoms with Crippen molar-refractivity contribution in [1.82, 2.24) is 9.55 Å². The number of nitrogens with zero attached hydrogens (tertiary/aromatic N) is 2. The van der Waals surface area contributed by atoms with Gasteiger partial charge in [0.25, 0.3) is 0 Å². The second-order valence-electron chi connectivity index (χ2n) is 6.13. The second-order valence-corrected chi connectivity index (χ2v) is 7.30.